The number of rotatable bonds is 1. The number of likely N-dealkylation sites (tertiary alicyclic amines) is 1. The lowest BCUT2D eigenvalue weighted by atomic mass is 9.76. The van der Waals surface area contributed by atoms with Crippen molar-refractivity contribution in [1.82, 2.24) is 4.90 Å². The van der Waals surface area contributed by atoms with Gasteiger partial charge >= 0.3 is 5.97 Å². The molecule has 2 fully saturated rings. The van der Waals surface area contributed by atoms with Gasteiger partial charge in [-0.05, 0) is 44.2 Å². The summed E-state index contributed by atoms with van der Waals surface area (Å²) in [5.41, 5.74) is 0.503. The van der Waals surface area contributed by atoms with Gasteiger partial charge in [0.05, 0.1) is 0 Å². The lowest BCUT2D eigenvalue weighted by Gasteiger charge is -2.46. The molecule has 3 nitrogen and oxygen atoms in total. The highest BCUT2D eigenvalue weighted by Gasteiger charge is 2.36. The van der Waals surface area contributed by atoms with Gasteiger partial charge in [-0.2, -0.15) is 0 Å². The number of carboxylic acid groups (broad SMARTS) is 1. The first-order chi connectivity index (χ1) is 7.96. The smallest absolute Gasteiger partial charge is 0.381 e. The van der Waals surface area contributed by atoms with Crippen LogP contribution in [0.1, 0.15) is 39.5 Å². The third-order valence-electron chi connectivity index (χ3n) is 4.16. The van der Waals surface area contributed by atoms with Gasteiger partial charge in [0.25, 0.3) is 0 Å². The standard InChI is InChI=1S/C14H21NO2/c1-14(2)5-7-15(8-6-14)12-9-11(10-12)3-4-13(16)17/h11-12H,5-10H2,1-2H3,(H,16,17). The molecule has 17 heavy (non-hydrogen) atoms. The summed E-state index contributed by atoms with van der Waals surface area (Å²) in [5, 5.41) is 8.47. The van der Waals surface area contributed by atoms with E-state index in [2.05, 4.69) is 30.6 Å². The van der Waals surface area contributed by atoms with E-state index in [-0.39, 0.29) is 0 Å². The molecular formula is C14H21NO2. The Hall–Kier alpha value is -1.01. The second-order valence-corrected chi connectivity index (χ2v) is 6.10. The minimum Gasteiger partial charge on any atom is -0.472 e. The van der Waals surface area contributed by atoms with Crippen LogP contribution < -0.4 is 0 Å². The molecule has 1 aliphatic heterocycles. The van der Waals surface area contributed by atoms with Crippen LogP contribution in [0.2, 0.25) is 0 Å². The van der Waals surface area contributed by atoms with E-state index in [0.29, 0.717) is 17.4 Å². The van der Waals surface area contributed by atoms with Gasteiger partial charge < -0.3 is 10.0 Å². The van der Waals surface area contributed by atoms with Gasteiger partial charge in [0.15, 0.2) is 0 Å². The van der Waals surface area contributed by atoms with Crippen LogP contribution in [0.25, 0.3) is 0 Å². The molecule has 1 heterocycles. The summed E-state index contributed by atoms with van der Waals surface area (Å²) in [5.74, 6) is 4.36. The number of piperidine rings is 1. The van der Waals surface area contributed by atoms with Crippen LogP contribution in [0.3, 0.4) is 0 Å². The molecule has 0 spiro atoms. The van der Waals surface area contributed by atoms with Crippen LogP contribution in [0, 0.1) is 23.2 Å². The molecule has 0 unspecified atom stereocenters. The molecule has 0 amide bonds. The van der Waals surface area contributed by atoms with Gasteiger partial charge in [-0.15, -0.1) is 0 Å². The summed E-state index contributed by atoms with van der Waals surface area (Å²) >= 11 is 0. The van der Waals surface area contributed by atoms with Crippen molar-refractivity contribution >= 4 is 5.97 Å². The second kappa shape index (κ2) is 4.70. The van der Waals surface area contributed by atoms with E-state index in [0.717, 1.165) is 12.8 Å². The monoisotopic (exact) mass is 235 g/mol. The number of nitrogens with zero attached hydrogens (tertiary/aromatic N) is 1. The van der Waals surface area contributed by atoms with E-state index in [1.54, 1.807) is 0 Å². The number of hydrogen-bond donors (Lipinski definition) is 1. The van der Waals surface area contributed by atoms with Crippen molar-refractivity contribution in [3.05, 3.63) is 0 Å². The Morgan fingerprint density at radius 1 is 1.29 bits per heavy atom. The molecular weight excluding hydrogens is 214 g/mol. The normalized spacial score (nSPS) is 32.1. The summed E-state index contributed by atoms with van der Waals surface area (Å²) < 4.78 is 0. The first kappa shape index (κ1) is 12.4. The summed E-state index contributed by atoms with van der Waals surface area (Å²) in [4.78, 5) is 12.9. The fourth-order valence-corrected chi connectivity index (χ4v) is 2.66. The summed E-state index contributed by atoms with van der Waals surface area (Å²) in [6.45, 7) is 7.06. The average molecular weight is 235 g/mol. The number of carboxylic acids is 1. The van der Waals surface area contributed by atoms with Gasteiger partial charge in [-0.25, -0.2) is 4.79 Å². The van der Waals surface area contributed by atoms with Crippen molar-refractivity contribution in [1.29, 1.82) is 0 Å². The molecule has 1 N–H and O–H groups in total. The Balaban J connectivity index is 1.74. The van der Waals surface area contributed by atoms with E-state index in [1.165, 1.54) is 25.9 Å². The molecule has 94 valence electrons. The Morgan fingerprint density at radius 3 is 2.41 bits per heavy atom. The van der Waals surface area contributed by atoms with Crippen LogP contribution in [0.5, 0.6) is 0 Å². The fraction of sp³-hybridized carbons (Fsp3) is 0.786. The molecule has 0 aromatic carbocycles. The first-order valence-corrected chi connectivity index (χ1v) is 6.45. The highest BCUT2D eigenvalue weighted by atomic mass is 16.4. The van der Waals surface area contributed by atoms with E-state index in [4.69, 9.17) is 5.11 Å². The molecule has 2 aliphatic rings. The molecule has 0 radical (unpaired) electrons. The van der Waals surface area contributed by atoms with E-state index >= 15 is 0 Å². The lowest BCUT2D eigenvalue weighted by Crippen LogP contribution is -2.49. The zero-order valence-electron chi connectivity index (χ0n) is 10.7. The maximum Gasteiger partial charge on any atom is 0.381 e. The van der Waals surface area contributed by atoms with Crippen LogP contribution in [0.15, 0.2) is 0 Å². The first-order valence-electron chi connectivity index (χ1n) is 6.45. The molecule has 0 aromatic heterocycles. The SMILES string of the molecule is CC1(C)CCN(C2CC(C#CC(=O)O)C2)CC1. The maximum absolute atomic E-state index is 10.3. The summed E-state index contributed by atoms with van der Waals surface area (Å²) in [6, 6.07) is 0.652. The molecule has 1 saturated carbocycles. The minimum absolute atomic E-state index is 0.311. The maximum atomic E-state index is 10.3. The molecule has 0 aromatic rings. The predicted molar refractivity (Wildman–Crippen MR) is 66.5 cm³/mol. The van der Waals surface area contributed by atoms with Gasteiger partial charge in [0.2, 0.25) is 0 Å². The van der Waals surface area contributed by atoms with Gasteiger partial charge in [-0.3, -0.25) is 0 Å². The number of hydrogen-bond acceptors (Lipinski definition) is 2. The average Bonchev–Trinajstić information content (AvgIpc) is 2.17. The second-order valence-electron chi connectivity index (χ2n) is 6.10. The van der Waals surface area contributed by atoms with E-state index in [1.807, 2.05) is 0 Å². The van der Waals surface area contributed by atoms with Gasteiger partial charge in [0, 0.05) is 17.9 Å². The minimum atomic E-state index is -1.01. The fourth-order valence-electron chi connectivity index (χ4n) is 2.66. The molecule has 1 aliphatic carbocycles. The Labute approximate surface area is 103 Å². The van der Waals surface area contributed by atoms with Crippen LogP contribution in [0.4, 0.5) is 0 Å². The van der Waals surface area contributed by atoms with Crippen LogP contribution in [-0.4, -0.2) is 35.1 Å². The third kappa shape index (κ3) is 3.23. The van der Waals surface area contributed by atoms with E-state index < -0.39 is 5.97 Å². The predicted octanol–water partition coefficient (Wildman–Crippen LogP) is 1.98. The number of carbonyl (C=O) groups is 1. The Bertz CT molecular complexity index is 348. The Kier molecular flexibility index (Phi) is 3.44. The van der Waals surface area contributed by atoms with Crippen molar-refractivity contribution in [2.45, 2.75) is 45.6 Å². The van der Waals surface area contributed by atoms with Crippen LogP contribution >= 0.6 is 0 Å². The van der Waals surface area contributed by atoms with Gasteiger partial charge in [0.1, 0.15) is 0 Å². The highest BCUT2D eigenvalue weighted by molar-refractivity contribution is 5.86. The van der Waals surface area contributed by atoms with Crippen molar-refractivity contribution < 1.29 is 9.90 Å². The highest BCUT2D eigenvalue weighted by Crippen LogP contribution is 2.36. The van der Waals surface area contributed by atoms with E-state index in [9.17, 15) is 4.79 Å². The topological polar surface area (TPSA) is 40.5 Å². The molecule has 0 atom stereocenters. The molecule has 0 bridgehead atoms. The summed E-state index contributed by atoms with van der Waals surface area (Å²) in [6.07, 6.45) is 4.66. The molecule has 1 saturated heterocycles. The lowest BCUT2D eigenvalue weighted by molar-refractivity contribution is -0.130. The number of aliphatic carboxylic acids is 1. The van der Waals surface area contributed by atoms with Crippen LogP contribution in [-0.2, 0) is 4.79 Å². The van der Waals surface area contributed by atoms with Crippen molar-refractivity contribution in [2.24, 2.45) is 11.3 Å². The third-order valence-corrected chi connectivity index (χ3v) is 4.16. The molecule has 2 rings (SSSR count). The largest absolute Gasteiger partial charge is 0.472 e. The quantitative estimate of drug-likeness (QED) is 0.706. The van der Waals surface area contributed by atoms with Crippen molar-refractivity contribution in [3.8, 4) is 11.8 Å². The van der Waals surface area contributed by atoms with Crippen molar-refractivity contribution in [3.63, 3.8) is 0 Å². The zero-order valence-corrected chi connectivity index (χ0v) is 10.7. The Morgan fingerprint density at radius 2 is 1.88 bits per heavy atom. The zero-order chi connectivity index (χ0) is 12.5. The van der Waals surface area contributed by atoms with Crippen molar-refractivity contribution in [2.75, 3.05) is 13.1 Å². The van der Waals surface area contributed by atoms with Gasteiger partial charge in [-0.1, -0.05) is 19.8 Å². The molecule has 3 heteroatoms. The summed E-state index contributed by atoms with van der Waals surface area (Å²) in [7, 11) is 0.